The van der Waals surface area contributed by atoms with E-state index in [9.17, 15) is 0 Å². The van der Waals surface area contributed by atoms with Gasteiger partial charge in [-0.2, -0.15) is 0 Å². The Hall–Kier alpha value is -2.65. The largest absolute Gasteiger partial charge is 0.344 e. The summed E-state index contributed by atoms with van der Waals surface area (Å²) in [6.07, 6.45) is 0.961. The van der Waals surface area contributed by atoms with Crippen LogP contribution in [0.4, 0.5) is 5.69 Å². The first kappa shape index (κ1) is 19.1. The van der Waals surface area contributed by atoms with Gasteiger partial charge in [-0.3, -0.25) is 0 Å². The lowest BCUT2D eigenvalue weighted by Gasteiger charge is -2.27. The Kier molecular flexibility index (Phi) is 6.61. The van der Waals surface area contributed by atoms with Gasteiger partial charge in [0.2, 0.25) is 0 Å². The van der Waals surface area contributed by atoms with Crippen LogP contribution in [0, 0.1) is 13.8 Å². The molecule has 138 valence electrons. The molecule has 1 N–H and O–H groups in total. The van der Waals surface area contributed by atoms with Crippen molar-refractivity contribution >= 4 is 23.0 Å². The summed E-state index contributed by atoms with van der Waals surface area (Å²) in [5.74, 6) is 0. The molecule has 0 unspecified atom stereocenters. The molecule has 0 spiro atoms. The van der Waals surface area contributed by atoms with Crippen molar-refractivity contribution in [1.29, 1.82) is 0 Å². The molecule has 3 aromatic carbocycles. The molecular weight excluding hydrogens is 348 g/mol. The van der Waals surface area contributed by atoms with Gasteiger partial charge in [-0.15, -0.1) is 0 Å². The summed E-state index contributed by atoms with van der Waals surface area (Å²) in [4.78, 5) is 2.25. The second kappa shape index (κ2) is 9.33. The van der Waals surface area contributed by atoms with E-state index in [2.05, 4.69) is 96.9 Å². The number of aryl methyl sites for hydroxylation is 2. The summed E-state index contributed by atoms with van der Waals surface area (Å²) in [5.41, 5.74) is 6.11. The fraction of sp³-hybridized carbons (Fsp3) is 0.208. The van der Waals surface area contributed by atoms with E-state index in [0.29, 0.717) is 0 Å². The van der Waals surface area contributed by atoms with Crippen molar-refractivity contribution < 1.29 is 0 Å². The molecule has 0 amide bonds. The predicted molar refractivity (Wildman–Crippen MR) is 119 cm³/mol. The lowest BCUT2D eigenvalue weighted by molar-refractivity contribution is 0.423. The lowest BCUT2D eigenvalue weighted by Crippen LogP contribution is -2.36. The number of para-hydroxylation sites is 1. The highest BCUT2D eigenvalue weighted by Gasteiger charge is 2.13. The molecule has 3 heteroatoms. The van der Waals surface area contributed by atoms with Crippen LogP contribution in [0.25, 0.3) is 0 Å². The molecule has 3 rings (SSSR count). The van der Waals surface area contributed by atoms with E-state index in [-0.39, 0.29) is 0 Å². The van der Waals surface area contributed by atoms with Crippen molar-refractivity contribution in [1.82, 2.24) is 4.90 Å². The lowest BCUT2D eigenvalue weighted by atomic mass is 10.1. The topological polar surface area (TPSA) is 15.3 Å². The van der Waals surface area contributed by atoms with Crippen LogP contribution in [0.5, 0.6) is 0 Å². The molecule has 0 aliphatic heterocycles. The van der Waals surface area contributed by atoms with Gasteiger partial charge in [-0.05, 0) is 54.7 Å². The smallest absolute Gasteiger partial charge is 0.173 e. The molecule has 3 aromatic rings. The zero-order chi connectivity index (χ0) is 19.1. The van der Waals surface area contributed by atoms with E-state index in [1.54, 1.807) is 0 Å². The molecule has 2 nitrogen and oxygen atoms in total. The monoisotopic (exact) mass is 374 g/mol. The van der Waals surface area contributed by atoms with Crippen LogP contribution in [-0.2, 0) is 13.0 Å². The molecule has 0 aliphatic rings. The second-order valence-corrected chi connectivity index (χ2v) is 7.23. The number of rotatable bonds is 6. The van der Waals surface area contributed by atoms with Crippen LogP contribution < -0.4 is 5.32 Å². The number of anilines is 1. The zero-order valence-electron chi connectivity index (χ0n) is 16.0. The zero-order valence-corrected chi connectivity index (χ0v) is 16.8. The Bertz CT molecular complexity index is 855. The number of benzene rings is 3. The maximum atomic E-state index is 5.81. The third-order valence-electron chi connectivity index (χ3n) is 4.73. The quantitative estimate of drug-likeness (QED) is 0.554. The van der Waals surface area contributed by atoms with E-state index in [4.69, 9.17) is 12.2 Å². The van der Waals surface area contributed by atoms with E-state index >= 15 is 0 Å². The van der Waals surface area contributed by atoms with E-state index in [1.807, 2.05) is 6.07 Å². The van der Waals surface area contributed by atoms with Gasteiger partial charge in [0.15, 0.2) is 5.11 Å². The Balaban J connectivity index is 1.76. The highest BCUT2D eigenvalue weighted by molar-refractivity contribution is 7.80. The number of nitrogens with zero attached hydrogens (tertiary/aromatic N) is 1. The van der Waals surface area contributed by atoms with Gasteiger partial charge in [-0.1, -0.05) is 78.9 Å². The van der Waals surface area contributed by atoms with E-state index < -0.39 is 0 Å². The van der Waals surface area contributed by atoms with Crippen LogP contribution in [-0.4, -0.2) is 16.6 Å². The summed E-state index contributed by atoms with van der Waals surface area (Å²) in [6.45, 7) is 5.90. The first-order chi connectivity index (χ1) is 13.1. The van der Waals surface area contributed by atoms with E-state index in [0.717, 1.165) is 30.3 Å². The summed E-state index contributed by atoms with van der Waals surface area (Å²) < 4.78 is 0. The minimum Gasteiger partial charge on any atom is -0.344 e. The van der Waals surface area contributed by atoms with Gasteiger partial charge in [-0.25, -0.2) is 0 Å². The standard InChI is InChI=1S/C24H26N2S/c1-19-10-9-11-20(2)23(19)25-24(27)26(18-22-14-7-4-8-15-22)17-16-21-12-5-3-6-13-21/h3-15H,16-18H2,1-2H3,(H,25,27). The summed E-state index contributed by atoms with van der Waals surface area (Å²) in [7, 11) is 0. The number of hydrogen-bond acceptors (Lipinski definition) is 1. The van der Waals surface area contributed by atoms with Crippen molar-refractivity contribution in [2.45, 2.75) is 26.8 Å². The van der Waals surface area contributed by atoms with Crippen molar-refractivity contribution in [3.8, 4) is 0 Å². The Morgan fingerprint density at radius 3 is 1.93 bits per heavy atom. The van der Waals surface area contributed by atoms with Gasteiger partial charge in [0.05, 0.1) is 0 Å². The first-order valence-electron chi connectivity index (χ1n) is 9.33. The highest BCUT2D eigenvalue weighted by atomic mass is 32.1. The van der Waals surface area contributed by atoms with E-state index in [1.165, 1.54) is 22.3 Å². The average Bonchev–Trinajstić information content (AvgIpc) is 2.69. The summed E-state index contributed by atoms with van der Waals surface area (Å²) in [6, 6.07) is 27.4. The van der Waals surface area contributed by atoms with Gasteiger partial charge < -0.3 is 10.2 Å². The van der Waals surface area contributed by atoms with Crippen LogP contribution in [0.3, 0.4) is 0 Å². The predicted octanol–water partition coefficient (Wildman–Crippen LogP) is 5.75. The second-order valence-electron chi connectivity index (χ2n) is 6.84. The van der Waals surface area contributed by atoms with Gasteiger partial charge in [0.25, 0.3) is 0 Å². The van der Waals surface area contributed by atoms with Gasteiger partial charge in [0.1, 0.15) is 0 Å². The van der Waals surface area contributed by atoms with Crippen molar-refractivity contribution in [2.75, 3.05) is 11.9 Å². The highest BCUT2D eigenvalue weighted by Crippen LogP contribution is 2.20. The summed E-state index contributed by atoms with van der Waals surface area (Å²) >= 11 is 5.81. The Morgan fingerprint density at radius 2 is 1.33 bits per heavy atom. The molecule has 0 aliphatic carbocycles. The third kappa shape index (κ3) is 5.41. The number of hydrogen-bond donors (Lipinski definition) is 1. The van der Waals surface area contributed by atoms with Crippen molar-refractivity contribution in [2.24, 2.45) is 0 Å². The first-order valence-corrected chi connectivity index (χ1v) is 9.74. The van der Waals surface area contributed by atoms with Crippen LogP contribution in [0.1, 0.15) is 22.3 Å². The molecule has 0 radical (unpaired) electrons. The SMILES string of the molecule is Cc1cccc(C)c1NC(=S)N(CCc1ccccc1)Cc1ccccc1. The molecule has 0 saturated carbocycles. The maximum absolute atomic E-state index is 5.81. The minimum absolute atomic E-state index is 0.771. The fourth-order valence-corrected chi connectivity index (χ4v) is 3.42. The van der Waals surface area contributed by atoms with Crippen LogP contribution in [0.15, 0.2) is 78.9 Å². The molecule has 0 bridgehead atoms. The average molecular weight is 375 g/mol. The molecule has 0 aromatic heterocycles. The number of thiocarbonyl (C=S) groups is 1. The fourth-order valence-electron chi connectivity index (χ4n) is 3.16. The molecule has 0 heterocycles. The minimum atomic E-state index is 0.771. The molecule has 0 saturated heterocycles. The molecule has 0 atom stereocenters. The van der Waals surface area contributed by atoms with Crippen molar-refractivity contribution in [3.05, 3.63) is 101 Å². The van der Waals surface area contributed by atoms with Gasteiger partial charge in [0, 0.05) is 18.8 Å². The number of nitrogens with one attached hydrogen (secondary N) is 1. The molecule has 0 fully saturated rings. The Labute approximate surface area is 167 Å². The third-order valence-corrected chi connectivity index (χ3v) is 5.09. The van der Waals surface area contributed by atoms with Crippen LogP contribution >= 0.6 is 12.2 Å². The summed E-state index contributed by atoms with van der Waals surface area (Å²) in [5, 5.41) is 4.26. The molecular formula is C24H26N2S. The maximum Gasteiger partial charge on any atom is 0.173 e. The normalized spacial score (nSPS) is 10.4. The Morgan fingerprint density at radius 1 is 0.778 bits per heavy atom. The van der Waals surface area contributed by atoms with Gasteiger partial charge >= 0.3 is 0 Å². The van der Waals surface area contributed by atoms with Crippen LogP contribution in [0.2, 0.25) is 0 Å². The molecule has 27 heavy (non-hydrogen) atoms. The van der Waals surface area contributed by atoms with Crippen molar-refractivity contribution in [3.63, 3.8) is 0 Å².